The van der Waals surface area contributed by atoms with Gasteiger partial charge in [0.2, 0.25) is 5.75 Å². The van der Waals surface area contributed by atoms with Crippen LogP contribution in [0, 0.1) is 0 Å². The molecule has 35 heavy (non-hydrogen) atoms. The molecule has 0 unspecified atom stereocenters. The molecule has 1 aromatic heterocycles. The van der Waals surface area contributed by atoms with Crippen LogP contribution in [0.2, 0.25) is 0 Å². The largest absolute Gasteiger partial charge is 0.485 e. The number of ether oxygens (including phenoxy) is 2. The lowest BCUT2D eigenvalue weighted by molar-refractivity contribution is 0.280. The third kappa shape index (κ3) is 8.94. The molecule has 196 valence electrons. The summed E-state index contributed by atoms with van der Waals surface area (Å²) in [5.74, 6) is 1.67. The first-order chi connectivity index (χ1) is 17.1. The van der Waals surface area contributed by atoms with E-state index in [4.69, 9.17) is 15.2 Å². The maximum atomic E-state index is 13.7. The van der Waals surface area contributed by atoms with Crippen LogP contribution >= 0.6 is 0 Å². The molecule has 0 fully saturated rings. The molecule has 1 aromatic carbocycles. The summed E-state index contributed by atoms with van der Waals surface area (Å²) in [5, 5.41) is 0.871. The molecule has 0 saturated heterocycles. The van der Waals surface area contributed by atoms with E-state index in [0.29, 0.717) is 30.3 Å². The summed E-state index contributed by atoms with van der Waals surface area (Å²) >= 11 is 0. The summed E-state index contributed by atoms with van der Waals surface area (Å²) < 4.78 is 14.3. The third-order valence-corrected chi connectivity index (χ3v) is 6.59. The van der Waals surface area contributed by atoms with Crippen LogP contribution in [-0.2, 0) is 6.54 Å². The van der Waals surface area contributed by atoms with E-state index in [2.05, 4.69) is 13.8 Å². The van der Waals surface area contributed by atoms with Gasteiger partial charge in [0.25, 0.3) is 5.56 Å². The minimum absolute atomic E-state index is 0.121. The van der Waals surface area contributed by atoms with E-state index < -0.39 is 0 Å². The van der Waals surface area contributed by atoms with Crippen molar-refractivity contribution in [3.8, 4) is 11.5 Å². The van der Waals surface area contributed by atoms with Gasteiger partial charge in [0.1, 0.15) is 0 Å². The molecule has 0 radical (unpaired) electrons. The number of allylic oxidation sites excluding steroid dienone is 2. The van der Waals surface area contributed by atoms with Crippen LogP contribution in [0.25, 0.3) is 10.9 Å². The maximum absolute atomic E-state index is 13.7. The molecule has 5 heteroatoms. The smallest absolute Gasteiger partial charge is 0.297 e. The Morgan fingerprint density at radius 2 is 1.51 bits per heavy atom. The second-order valence-electron chi connectivity index (χ2n) is 9.49. The van der Waals surface area contributed by atoms with Crippen molar-refractivity contribution < 1.29 is 9.47 Å². The van der Waals surface area contributed by atoms with Crippen LogP contribution < -0.4 is 20.8 Å². The van der Waals surface area contributed by atoms with Crippen molar-refractivity contribution in [3.63, 3.8) is 0 Å². The Balaban J connectivity index is 2.35. The third-order valence-electron chi connectivity index (χ3n) is 6.59. The minimum Gasteiger partial charge on any atom is -0.485 e. The highest BCUT2D eigenvalue weighted by Crippen LogP contribution is 2.36. The number of benzene rings is 1. The quantitative estimate of drug-likeness (QED) is 0.131. The molecule has 2 aromatic rings. The van der Waals surface area contributed by atoms with E-state index in [0.717, 1.165) is 48.8 Å². The molecular weight excluding hydrogens is 436 g/mol. The van der Waals surface area contributed by atoms with Crippen LogP contribution in [0.3, 0.4) is 0 Å². The van der Waals surface area contributed by atoms with Crippen LogP contribution in [0.5, 0.6) is 11.5 Å². The summed E-state index contributed by atoms with van der Waals surface area (Å²) in [6.07, 6.45) is 16.7. The number of anilines is 1. The number of aryl methyl sites for hydroxylation is 1. The van der Waals surface area contributed by atoms with E-state index in [1.807, 2.05) is 42.7 Å². The van der Waals surface area contributed by atoms with Gasteiger partial charge in [-0.25, -0.2) is 0 Å². The zero-order valence-corrected chi connectivity index (χ0v) is 22.7. The summed E-state index contributed by atoms with van der Waals surface area (Å²) in [4.78, 5) is 13.7. The Morgan fingerprint density at radius 3 is 2.14 bits per heavy atom. The van der Waals surface area contributed by atoms with Crippen molar-refractivity contribution in [1.29, 1.82) is 0 Å². The Bertz CT molecular complexity index is 978. The summed E-state index contributed by atoms with van der Waals surface area (Å²) in [6.45, 7) is 9.63. The molecule has 0 spiro atoms. The van der Waals surface area contributed by atoms with E-state index in [1.165, 1.54) is 51.4 Å². The molecule has 1 heterocycles. The number of unbranched alkanes of at least 4 members (excludes halogenated alkanes) is 10. The average Bonchev–Trinajstić information content (AvgIpc) is 2.86. The molecular formula is C30H48N2O3. The Labute approximate surface area is 212 Å². The fourth-order valence-electron chi connectivity index (χ4n) is 4.44. The number of rotatable bonds is 18. The van der Waals surface area contributed by atoms with Gasteiger partial charge in [-0.15, -0.1) is 0 Å². The van der Waals surface area contributed by atoms with Gasteiger partial charge in [-0.3, -0.25) is 4.79 Å². The van der Waals surface area contributed by atoms with Gasteiger partial charge in [0.15, 0.2) is 5.75 Å². The average molecular weight is 485 g/mol. The van der Waals surface area contributed by atoms with Crippen molar-refractivity contribution in [2.45, 2.75) is 118 Å². The van der Waals surface area contributed by atoms with Crippen LogP contribution in [-0.4, -0.2) is 11.2 Å². The number of nitrogen functional groups attached to an aromatic ring is 1. The van der Waals surface area contributed by atoms with Crippen molar-refractivity contribution in [2.24, 2.45) is 0 Å². The lowest BCUT2D eigenvalue weighted by Crippen LogP contribution is -2.24. The van der Waals surface area contributed by atoms with E-state index in [-0.39, 0.29) is 5.56 Å². The molecule has 2 N–H and O–H groups in total. The zero-order valence-electron chi connectivity index (χ0n) is 22.7. The van der Waals surface area contributed by atoms with Gasteiger partial charge in [-0.1, -0.05) is 85.0 Å². The molecule has 0 bridgehead atoms. The highest BCUT2D eigenvalue weighted by atomic mass is 16.5. The molecule has 0 atom stereocenters. The Hall–Kier alpha value is -2.43. The second kappa shape index (κ2) is 16.3. The van der Waals surface area contributed by atoms with E-state index in [9.17, 15) is 4.79 Å². The highest BCUT2D eigenvalue weighted by molar-refractivity contribution is 5.90. The number of pyridine rings is 1. The van der Waals surface area contributed by atoms with Crippen LogP contribution in [0.15, 0.2) is 34.8 Å². The van der Waals surface area contributed by atoms with Crippen molar-refractivity contribution in [2.75, 3.05) is 12.3 Å². The Kier molecular flexibility index (Phi) is 13.4. The van der Waals surface area contributed by atoms with Gasteiger partial charge >= 0.3 is 0 Å². The van der Waals surface area contributed by atoms with Gasteiger partial charge in [0.05, 0.1) is 17.9 Å². The number of aromatic nitrogens is 1. The standard InChI is InChI=1S/C30H48N2O3/c1-5-9-11-13-15-17-21-32-27-23-24(31)19-20-26(27)28(35-25(7-3)8-4)29(30(32)33)34-22-18-16-14-12-10-6-2/h7,19-20,23H,5-6,8-18,21-22,31H2,1-4H3. The first kappa shape index (κ1) is 28.8. The lowest BCUT2D eigenvalue weighted by Gasteiger charge is -2.19. The lowest BCUT2D eigenvalue weighted by atomic mass is 10.1. The predicted molar refractivity (Wildman–Crippen MR) is 150 cm³/mol. The highest BCUT2D eigenvalue weighted by Gasteiger charge is 2.21. The van der Waals surface area contributed by atoms with Crippen LogP contribution in [0.4, 0.5) is 5.69 Å². The molecule has 0 amide bonds. The first-order valence-corrected chi connectivity index (χ1v) is 14.0. The van der Waals surface area contributed by atoms with Crippen molar-refractivity contribution >= 4 is 16.6 Å². The topological polar surface area (TPSA) is 66.5 Å². The molecule has 0 aliphatic heterocycles. The SMILES string of the molecule is CC=C(CC)Oc1c(OCCCCCCCC)c(=O)n(CCCCCCCC)c2cc(N)ccc12. The minimum atomic E-state index is -0.121. The fourth-order valence-corrected chi connectivity index (χ4v) is 4.44. The summed E-state index contributed by atoms with van der Waals surface area (Å²) in [5.41, 5.74) is 7.48. The number of hydrogen-bond donors (Lipinski definition) is 1. The molecule has 5 nitrogen and oxygen atoms in total. The van der Waals surface area contributed by atoms with Gasteiger partial charge in [0, 0.05) is 24.0 Å². The summed E-state index contributed by atoms with van der Waals surface area (Å²) in [6, 6.07) is 5.71. The van der Waals surface area contributed by atoms with Crippen LogP contribution in [0.1, 0.15) is 111 Å². The number of nitrogens with two attached hydrogens (primary N) is 1. The van der Waals surface area contributed by atoms with Gasteiger partial charge in [-0.05, 0) is 44.0 Å². The predicted octanol–water partition coefficient (Wildman–Crippen LogP) is 8.38. The van der Waals surface area contributed by atoms with Gasteiger partial charge < -0.3 is 19.8 Å². The zero-order chi connectivity index (χ0) is 25.5. The second-order valence-corrected chi connectivity index (χ2v) is 9.49. The van der Waals surface area contributed by atoms with Crippen molar-refractivity contribution in [3.05, 3.63) is 40.4 Å². The molecule has 0 aliphatic rings. The monoisotopic (exact) mass is 484 g/mol. The van der Waals surface area contributed by atoms with Crippen molar-refractivity contribution in [1.82, 2.24) is 4.57 Å². The number of nitrogens with zero attached hydrogens (tertiary/aromatic N) is 1. The van der Waals surface area contributed by atoms with E-state index in [1.54, 1.807) is 0 Å². The first-order valence-electron chi connectivity index (χ1n) is 14.0. The Morgan fingerprint density at radius 1 is 0.886 bits per heavy atom. The molecule has 0 aliphatic carbocycles. The number of hydrogen-bond acceptors (Lipinski definition) is 4. The summed E-state index contributed by atoms with van der Waals surface area (Å²) in [7, 11) is 0. The normalized spacial score (nSPS) is 11.8. The number of fused-ring (bicyclic) bond motifs is 1. The molecule has 0 saturated carbocycles. The molecule has 2 rings (SSSR count). The maximum Gasteiger partial charge on any atom is 0.297 e. The fraction of sp³-hybridized carbons (Fsp3) is 0.633. The van der Waals surface area contributed by atoms with Gasteiger partial charge in [-0.2, -0.15) is 0 Å². The van der Waals surface area contributed by atoms with E-state index >= 15 is 0 Å².